The molecule has 1 aliphatic rings. The van der Waals surface area contributed by atoms with E-state index in [9.17, 15) is 9.90 Å². The van der Waals surface area contributed by atoms with Crippen LogP contribution in [0.4, 0.5) is 10.5 Å². The second kappa shape index (κ2) is 7.21. The number of hydrogen-bond donors (Lipinski definition) is 2. The lowest BCUT2D eigenvalue weighted by Crippen LogP contribution is -2.48. The predicted octanol–water partition coefficient (Wildman–Crippen LogP) is 2.24. The Morgan fingerprint density at radius 1 is 1.43 bits per heavy atom. The maximum absolute atomic E-state index is 12.2. The van der Waals surface area contributed by atoms with Gasteiger partial charge in [0, 0.05) is 31.4 Å². The van der Waals surface area contributed by atoms with Crippen molar-refractivity contribution in [1.82, 2.24) is 10.2 Å². The van der Waals surface area contributed by atoms with Crippen LogP contribution in [0.2, 0.25) is 0 Å². The number of benzene rings is 1. The SMILES string of the molecule is CCN(CC(C)(C)O)C(=O)NCCN1c2ccccc2CC1C. The average Bonchev–Trinajstić information content (AvgIpc) is 2.80. The minimum atomic E-state index is -0.879. The molecular weight excluding hydrogens is 290 g/mol. The zero-order valence-electron chi connectivity index (χ0n) is 14.7. The number of amides is 2. The van der Waals surface area contributed by atoms with Crippen molar-refractivity contribution in [3.8, 4) is 0 Å². The highest BCUT2D eigenvalue weighted by atomic mass is 16.3. The van der Waals surface area contributed by atoms with E-state index in [1.807, 2.05) is 6.92 Å². The van der Waals surface area contributed by atoms with E-state index >= 15 is 0 Å². The molecule has 1 atom stereocenters. The van der Waals surface area contributed by atoms with E-state index in [2.05, 4.69) is 41.4 Å². The van der Waals surface area contributed by atoms with Crippen LogP contribution in [0.25, 0.3) is 0 Å². The van der Waals surface area contributed by atoms with E-state index in [4.69, 9.17) is 0 Å². The molecule has 1 aromatic carbocycles. The van der Waals surface area contributed by atoms with Crippen molar-refractivity contribution >= 4 is 11.7 Å². The zero-order valence-corrected chi connectivity index (χ0v) is 14.7. The van der Waals surface area contributed by atoms with Gasteiger partial charge in [-0.2, -0.15) is 0 Å². The monoisotopic (exact) mass is 319 g/mol. The Labute approximate surface area is 139 Å². The van der Waals surface area contributed by atoms with Crippen molar-refractivity contribution in [2.45, 2.75) is 45.8 Å². The first-order valence-electron chi connectivity index (χ1n) is 8.41. The molecule has 23 heavy (non-hydrogen) atoms. The molecule has 2 amide bonds. The van der Waals surface area contributed by atoms with E-state index in [1.165, 1.54) is 11.3 Å². The Morgan fingerprint density at radius 3 is 2.78 bits per heavy atom. The Balaban J connectivity index is 1.86. The lowest BCUT2D eigenvalue weighted by atomic mass is 10.1. The van der Waals surface area contributed by atoms with Gasteiger partial charge in [0.2, 0.25) is 0 Å². The maximum Gasteiger partial charge on any atom is 0.317 e. The summed E-state index contributed by atoms with van der Waals surface area (Å²) >= 11 is 0. The minimum Gasteiger partial charge on any atom is -0.389 e. The number of carbonyl (C=O) groups is 1. The van der Waals surface area contributed by atoms with Gasteiger partial charge in [0.15, 0.2) is 0 Å². The summed E-state index contributed by atoms with van der Waals surface area (Å²) in [6.45, 7) is 9.87. The quantitative estimate of drug-likeness (QED) is 0.845. The lowest BCUT2D eigenvalue weighted by molar-refractivity contribution is 0.0481. The fourth-order valence-corrected chi connectivity index (χ4v) is 3.16. The highest BCUT2D eigenvalue weighted by Crippen LogP contribution is 2.31. The molecule has 0 fully saturated rings. The minimum absolute atomic E-state index is 0.116. The van der Waals surface area contributed by atoms with Gasteiger partial charge in [0.05, 0.1) is 12.1 Å². The molecule has 0 aromatic heterocycles. The highest BCUT2D eigenvalue weighted by Gasteiger charge is 2.25. The Morgan fingerprint density at radius 2 is 2.13 bits per heavy atom. The van der Waals surface area contributed by atoms with Gasteiger partial charge in [-0.3, -0.25) is 0 Å². The van der Waals surface area contributed by atoms with Crippen LogP contribution >= 0.6 is 0 Å². The van der Waals surface area contributed by atoms with Crippen LogP contribution in [-0.4, -0.2) is 53.9 Å². The molecule has 0 saturated carbocycles. The van der Waals surface area contributed by atoms with Crippen LogP contribution < -0.4 is 10.2 Å². The number of aliphatic hydroxyl groups is 1. The number of likely N-dealkylation sites (N-methyl/N-ethyl adjacent to an activating group) is 1. The summed E-state index contributed by atoms with van der Waals surface area (Å²) in [5, 5.41) is 12.8. The van der Waals surface area contributed by atoms with Crippen LogP contribution in [0.3, 0.4) is 0 Å². The summed E-state index contributed by atoms with van der Waals surface area (Å²) in [6, 6.07) is 8.80. The molecule has 128 valence electrons. The second-order valence-electron chi connectivity index (χ2n) is 6.93. The van der Waals surface area contributed by atoms with E-state index < -0.39 is 5.60 Å². The fraction of sp³-hybridized carbons (Fsp3) is 0.611. The first kappa shape index (κ1) is 17.6. The van der Waals surface area contributed by atoms with Crippen LogP contribution in [-0.2, 0) is 6.42 Å². The third kappa shape index (κ3) is 4.61. The van der Waals surface area contributed by atoms with Crippen molar-refractivity contribution in [2.75, 3.05) is 31.1 Å². The van der Waals surface area contributed by atoms with Gasteiger partial charge in [0.25, 0.3) is 0 Å². The lowest BCUT2D eigenvalue weighted by Gasteiger charge is -2.29. The number of anilines is 1. The average molecular weight is 319 g/mol. The number of fused-ring (bicyclic) bond motifs is 1. The molecule has 2 N–H and O–H groups in total. The summed E-state index contributed by atoms with van der Waals surface area (Å²) in [4.78, 5) is 16.2. The van der Waals surface area contributed by atoms with Crippen LogP contribution in [0.5, 0.6) is 0 Å². The number of nitrogens with zero attached hydrogens (tertiary/aromatic N) is 2. The number of para-hydroxylation sites is 1. The standard InChI is InChI=1S/C18H29N3O2/c1-5-20(13-18(3,4)23)17(22)19-10-11-21-14(2)12-15-8-6-7-9-16(15)21/h6-9,14,23H,5,10-13H2,1-4H3,(H,19,22). The predicted molar refractivity (Wildman–Crippen MR) is 93.9 cm³/mol. The van der Waals surface area contributed by atoms with Gasteiger partial charge in [-0.15, -0.1) is 0 Å². The molecule has 5 heteroatoms. The first-order chi connectivity index (χ1) is 10.8. The van der Waals surface area contributed by atoms with Crippen molar-refractivity contribution in [1.29, 1.82) is 0 Å². The first-order valence-corrected chi connectivity index (χ1v) is 8.41. The van der Waals surface area contributed by atoms with E-state index in [0.29, 0.717) is 25.7 Å². The van der Waals surface area contributed by atoms with Crippen molar-refractivity contribution in [2.24, 2.45) is 0 Å². The fourth-order valence-electron chi connectivity index (χ4n) is 3.16. The summed E-state index contributed by atoms with van der Waals surface area (Å²) in [6.07, 6.45) is 1.06. The molecule has 0 bridgehead atoms. The Kier molecular flexibility index (Phi) is 5.52. The molecule has 0 saturated heterocycles. The topological polar surface area (TPSA) is 55.8 Å². The molecule has 5 nitrogen and oxygen atoms in total. The number of carbonyl (C=O) groups excluding carboxylic acids is 1. The molecule has 0 spiro atoms. The largest absolute Gasteiger partial charge is 0.389 e. The molecule has 0 aliphatic carbocycles. The summed E-state index contributed by atoms with van der Waals surface area (Å²) in [5.41, 5.74) is 1.78. The number of urea groups is 1. The van der Waals surface area contributed by atoms with Gasteiger partial charge in [-0.1, -0.05) is 18.2 Å². The normalized spacial score (nSPS) is 17.1. The molecule has 1 heterocycles. The van der Waals surface area contributed by atoms with Gasteiger partial charge < -0.3 is 20.2 Å². The Hall–Kier alpha value is -1.75. The third-order valence-electron chi connectivity index (χ3n) is 4.22. The van der Waals surface area contributed by atoms with Gasteiger partial charge in [-0.25, -0.2) is 4.79 Å². The number of hydrogen-bond acceptors (Lipinski definition) is 3. The highest BCUT2D eigenvalue weighted by molar-refractivity contribution is 5.74. The number of rotatable bonds is 6. The summed E-state index contributed by atoms with van der Waals surface area (Å²) in [5.74, 6) is 0. The van der Waals surface area contributed by atoms with Crippen molar-refractivity contribution in [3.63, 3.8) is 0 Å². The Bertz CT molecular complexity index is 539. The summed E-state index contributed by atoms with van der Waals surface area (Å²) < 4.78 is 0. The number of nitrogens with one attached hydrogen (secondary N) is 1. The van der Waals surface area contributed by atoms with Crippen LogP contribution in [0.15, 0.2) is 24.3 Å². The van der Waals surface area contributed by atoms with Gasteiger partial charge in [0.1, 0.15) is 0 Å². The third-order valence-corrected chi connectivity index (χ3v) is 4.22. The molecule has 1 aliphatic heterocycles. The van der Waals surface area contributed by atoms with Crippen molar-refractivity contribution < 1.29 is 9.90 Å². The smallest absolute Gasteiger partial charge is 0.317 e. The summed E-state index contributed by atoms with van der Waals surface area (Å²) in [7, 11) is 0. The van der Waals surface area contributed by atoms with Crippen LogP contribution in [0, 0.1) is 0 Å². The molecule has 1 unspecified atom stereocenters. The molecule has 0 radical (unpaired) electrons. The van der Waals surface area contributed by atoms with Crippen LogP contribution in [0.1, 0.15) is 33.3 Å². The van der Waals surface area contributed by atoms with Crippen molar-refractivity contribution in [3.05, 3.63) is 29.8 Å². The van der Waals surface area contributed by atoms with E-state index in [-0.39, 0.29) is 6.03 Å². The maximum atomic E-state index is 12.2. The second-order valence-corrected chi connectivity index (χ2v) is 6.93. The molecular formula is C18H29N3O2. The zero-order chi connectivity index (χ0) is 17.0. The van der Waals surface area contributed by atoms with E-state index in [0.717, 1.165) is 13.0 Å². The van der Waals surface area contributed by atoms with Gasteiger partial charge in [-0.05, 0) is 45.7 Å². The van der Waals surface area contributed by atoms with E-state index in [1.54, 1.807) is 18.7 Å². The molecule has 2 rings (SSSR count). The van der Waals surface area contributed by atoms with Gasteiger partial charge >= 0.3 is 6.03 Å². The molecule has 1 aromatic rings.